The summed E-state index contributed by atoms with van der Waals surface area (Å²) in [7, 11) is 0. The fourth-order valence-electron chi connectivity index (χ4n) is 1.08. The summed E-state index contributed by atoms with van der Waals surface area (Å²) in [5.74, 6) is 4.10. The lowest BCUT2D eigenvalue weighted by molar-refractivity contribution is 0.172. The molecule has 0 aliphatic rings. The van der Waals surface area contributed by atoms with Gasteiger partial charge in [0.15, 0.2) is 5.60 Å². The SMILES string of the molecule is C#CC(C)(C)Oc1ccnc(NCC)c1. The zero-order valence-electron chi connectivity index (χ0n) is 9.37. The third-order valence-electron chi connectivity index (χ3n) is 1.81. The molecule has 0 aromatic carbocycles. The van der Waals surface area contributed by atoms with E-state index in [0.29, 0.717) is 0 Å². The van der Waals surface area contributed by atoms with E-state index < -0.39 is 5.60 Å². The van der Waals surface area contributed by atoms with Gasteiger partial charge in [-0.3, -0.25) is 0 Å². The molecular weight excluding hydrogens is 188 g/mol. The predicted octanol–water partition coefficient (Wildman–Crippen LogP) is 2.30. The van der Waals surface area contributed by atoms with Gasteiger partial charge in [0.2, 0.25) is 0 Å². The van der Waals surface area contributed by atoms with Crippen LogP contribution in [-0.4, -0.2) is 17.1 Å². The second kappa shape index (κ2) is 4.70. The van der Waals surface area contributed by atoms with E-state index in [4.69, 9.17) is 11.2 Å². The molecule has 3 heteroatoms. The lowest BCUT2D eigenvalue weighted by Gasteiger charge is -2.20. The molecule has 0 fully saturated rings. The van der Waals surface area contributed by atoms with Crippen molar-refractivity contribution in [3.8, 4) is 18.1 Å². The minimum atomic E-state index is -0.592. The van der Waals surface area contributed by atoms with Gasteiger partial charge in [-0.2, -0.15) is 0 Å². The van der Waals surface area contributed by atoms with Crippen LogP contribution >= 0.6 is 0 Å². The minimum absolute atomic E-state index is 0.592. The van der Waals surface area contributed by atoms with Crippen LogP contribution in [-0.2, 0) is 0 Å². The van der Waals surface area contributed by atoms with Crippen LogP contribution in [0.15, 0.2) is 18.3 Å². The summed E-state index contributed by atoms with van der Waals surface area (Å²) in [6.45, 7) is 6.54. The van der Waals surface area contributed by atoms with Crippen LogP contribution in [0.3, 0.4) is 0 Å². The van der Waals surface area contributed by atoms with Crippen molar-refractivity contribution in [3.05, 3.63) is 18.3 Å². The van der Waals surface area contributed by atoms with Gasteiger partial charge in [-0.05, 0) is 26.8 Å². The fourth-order valence-corrected chi connectivity index (χ4v) is 1.08. The van der Waals surface area contributed by atoms with E-state index in [1.807, 2.05) is 26.8 Å². The van der Waals surface area contributed by atoms with E-state index in [2.05, 4.69) is 16.2 Å². The van der Waals surface area contributed by atoms with E-state index in [1.165, 1.54) is 0 Å². The Bertz CT molecular complexity index is 366. The maximum atomic E-state index is 5.62. The third kappa shape index (κ3) is 3.51. The van der Waals surface area contributed by atoms with Crippen molar-refractivity contribution in [2.45, 2.75) is 26.4 Å². The van der Waals surface area contributed by atoms with Crippen LogP contribution in [0.5, 0.6) is 5.75 Å². The van der Waals surface area contributed by atoms with Crippen LogP contribution in [0.25, 0.3) is 0 Å². The molecule has 0 aliphatic heterocycles. The first kappa shape index (κ1) is 11.4. The van der Waals surface area contributed by atoms with Crippen molar-refractivity contribution in [1.29, 1.82) is 0 Å². The summed E-state index contributed by atoms with van der Waals surface area (Å²) in [6, 6.07) is 3.63. The van der Waals surface area contributed by atoms with Crippen molar-refractivity contribution < 1.29 is 4.74 Å². The van der Waals surface area contributed by atoms with Gasteiger partial charge in [0.05, 0.1) is 0 Å². The Hall–Kier alpha value is -1.69. The monoisotopic (exact) mass is 204 g/mol. The molecule has 15 heavy (non-hydrogen) atoms. The summed E-state index contributed by atoms with van der Waals surface area (Å²) >= 11 is 0. The average molecular weight is 204 g/mol. The normalized spacial score (nSPS) is 10.5. The first-order valence-corrected chi connectivity index (χ1v) is 4.94. The lowest BCUT2D eigenvalue weighted by Crippen LogP contribution is -2.25. The summed E-state index contributed by atoms with van der Waals surface area (Å²) in [4.78, 5) is 4.14. The summed E-state index contributed by atoms with van der Waals surface area (Å²) < 4.78 is 5.62. The van der Waals surface area contributed by atoms with E-state index in [1.54, 1.807) is 12.3 Å². The Morgan fingerprint density at radius 2 is 2.33 bits per heavy atom. The highest BCUT2D eigenvalue weighted by Gasteiger charge is 2.15. The quantitative estimate of drug-likeness (QED) is 0.764. The Kier molecular flexibility index (Phi) is 3.56. The zero-order valence-corrected chi connectivity index (χ0v) is 9.37. The highest BCUT2D eigenvalue weighted by Crippen LogP contribution is 2.19. The predicted molar refractivity (Wildman–Crippen MR) is 61.9 cm³/mol. The second-order valence-electron chi connectivity index (χ2n) is 3.66. The van der Waals surface area contributed by atoms with Crippen molar-refractivity contribution in [1.82, 2.24) is 4.98 Å². The number of rotatable bonds is 4. The molecule has 0 saturated carbocycles. The van der Waals surface area contributed by atoms with Crippen LogP contribution in [0.2, 0.25) is 0 Å². The summed E-state index contributed by atoms with van der Waals surface area (Å²) in [5.41, 5.74) is -0.592. The third-order valence-corrected chi connectivity index (χ3v) is 1.81. The number of aromatic nitrogens is 1. The van der Waals surface area contributed by atoms with Crippen molar-refractivity contribution in [2.75, 3.05) is 11.9 Å². The Balaban J connectivity index is 2.79. The molecule has 80 valence electrons. The molecule has 0 atom stereocenters. The molecule has 0 unspecified atom stereocenters. The van der Waals surface area contributed by atoms with Crippen LogP contribution < -0.4 is 10.1 Å². The number of nitrogens with zero attached hydrogens (tertiary/aromatic N) is 1. The molecule has 0 radical (unpaired) electrons. The molecule has 0 bridgehead atoms. The number of anilines is 1. The topological polar surface area (TPSA) is 34.1 Å². The van der Waals surface area contributed by atoms with Gasteiger partial charge in [0.1, 0.15) is 11.6 Å². The molecule has 0 amide bonds. The summed E-state index contributed by atoms with van der Waals surface area (Å²) in [5, 5.41) is 3.11. The summed E-state index contributed by atoms with van der Waals surface area (Å²) in [6.07, 6.45) is 7.04. The Morgan fingerprint density at radius 1 is 1.60 bits per heavy atom. The van der Waals surface area contributed by atoms with E-state index >= 15 is 0 Å². The number of terminal acetylenes is 1. The van der Waals surface area contributed by atoms with Gasteiger partial charge in [0.25, 0.3) is 0 Å². The fraction of sp³-hybridized carbons (Fsp3) is 0.417. The van der Waals surface area contributed by atoms with Crippen LogP contribution in [0, 0.1) is 12.3 Å². The highest BCUT2D eigenvalue weighted by atomic mass is 16.5. The smallest absolute Gasteiger partial charge is 0.163 e. The number of hydrogen-bond donors (Lipinski definition) is 1. The van der Waals surface area contributed by atoms with E-state index in [9.17, 15) is 0 Å². The molecule has 1 aromatic rings. The van der Waals surface area contributed by atoms with E-state index in [0.717, 1.165) is 18.1 Å². The molecule has 0 saturated heterocycles. The van der Waals surface area contributed by atoms with Crippen LogP contribution in [0.1, 0.15) is 20.8 Å². The van der Waals surface area contributed by atoms with Gasteiger partial charge in [-0.15, -0.1) is 6.42 Å². The van der Waals surface area contributed by atoms with Crippen molar-refractivity contribution in [2.24, 2.45) is 0 Å². The number of ether oxygens (including phenoxy) is 1. The van der Waals surface area contributed by atoms with Gasteiger partial charge in [-0.1, -0.05) is 5.92 Å². The number of hydrogen-bond acceptors (Lipinski definition) is 3. The number of nitrogens with one attached hydrogen (secondary N) is 1. The second-order valence-corrected chi connectivity index (χ2v) is 3.66. The molecule has 1 N–H and O–H groups in total. The molecule has 1 heterocycles. The van der Waals surface area contributed by atoms with Gasteiger partial charge >= 0.3 is 0 Å². The average Bonchev–Trinajstić information content (AvgIpc) is 2.18. The first-order valence-electron chi connectivity index (χ1n) is 4.94. The van der Waals surface area contributed by atoms with Crippen molar-refractivity contribution >= 4 is 5.82 Å². The lowest BCUT2D eigenvalue weighted by atomic mass is 10.1. The standard InChI is InChI=1S/C12H16N2O/c1-5-12(3,4)15-10-7-8-14-11(9-10)13-6-2/h1,7-9H,6H2,2-4H3,(H,13,14). The molecule has 0 spiro atoms. The van der Waals surface area contributed by atoms with E-state index in [-0.39, 0.29) is 0 Å². The molecule has 1 aromatic heterocycles. The van der Waals surface area contributed by atoms with Crippen molar-refractivity contribution in [3.63, 3.8) is 0 Å². The van der Waals surface area contributed by atoms with Gasteiger partial charge in [-0.25, -0.2) is 4.98 Å². The largest absolute Gasteiger partial charge is 0.475 e. The first-order chi connectivity index (χ1) is 7.07. The maximum absolute atomic E-state index is 5.62. The zero-order chi connectivity index (χ0) is 11.3. The van der Waals surface area contributed by atoms with Gasteiger partial charge in [0, 0.05) is 18.8 Å². The molecule has 1 rings (SSSR count). The maximum Gasteiger partial charge on any atom is 0.163 e. The Labute approximate surface area is 90.9 Å². The highest BCUT2D eigenvalue weighted by molar-refractivity contribution is 5.40. The van der Waals surface area contributed by atoms with Gasteiger partial charge < -0.3 is 10.1 Å². The molecule has 0 aliphatic carbocycles. The Morgan fingerprint density at radius 3 is 2.93 bits per heavy atom. The van der Waals surface area contributed by atoms with Crippen LogP contribution in [0.4, 0.5) is 5.82 Å². The minimum Gasteiger partial charge on any atom is -0.475 e. The number of pyridine rings is 1. The molecular formula is C12H16N2O. The molecule has 3 nitrogen and oxygen atoms in total.